The fourth-order valence-electron chi connectivity index (χ4n) is 5.66. The number of esters is 1. The highest BCUT2D eigenvalue weighted by atomic mass is 35.5. The summed E-state index contributed by atoms with van der Waals surface area (Å²) in [7, 11) is 0. The molecular formula is C24H42ClNO2. The number of likely N-dealkylation sites (tertiary alicyclic amines) is 1. The van der Waals surface area contributed by atoms with E-state index in [-0.39, 0.29) is 24.3 Å². The highest BCUT2D eigenvalue weighted by Crippen LogP contribution is 2.39. The molecule has 0 N–H and O–H groups in total. The number of nitrogens with zero attached hydrogens (tertiary/aromatic N) is 1. The SMILES string of the molecule is CCOC(=O)C1CCCN(CCC=C(C2CCCCC2)C2CCCCC2)C1.Cl. The number of ether oxygens (including phenoxy) is 1. The number of hydrogen-bond acceptors (Lipinski definition) is 3. The zero-order valence-corrected chi connectivity index (χ0v) is 18.8. The minimum atomic E-state index is 0. The molecule has 3 aliphatic rings. The van der Waals surface area contributed by atoms with Crippen molar-refractivity contribution in [1.82, 2.24) is 4.90 Å². The molecule has 4 heteroatoms. The van der Waals surface area contributed by atoms with Gasteiger partial charge in [-0.3, -0.25) is 4.79 Å². The molecule has 1 heterocycles. The van der Waals surface area contributed by atoms with E-state index in [0.29, 0.717) is 6.61 Å². The average Bonchev–Trinajstić information content (AvgIpc) is 2.73. The lowest BCUT2D eigenvalue weighted by Gasteiger charge is -2.33. The van der Waals surface area contributed by atoms with Crippen LogP contribution in [0.2, 0.25) is 0 Å². The number of carbonyl (C=O) groups is 1. The van der Waals surface area contributed by atoms with Gasteiger partial charge in [0.25, 0.3) is 0 Å². The summed E-state index contributed by atoms with van der Waals surface area (Å²) in [6.07, 6.45) is 20.3. The van der Waals surface area contributed by atoms with Crippen LogP contribution in [0, 0.1) is 17.8 Å². The van der Waals surface area contributed by atoms with Gasteiger partial charge >= 0.3 is 5.97 Å². The van der Waals surface area contributed by atoms with Gasteiger partial charge in [-0.2, -0.15) is 0 Å². The van der Waals surface area contributed by atoms with Gasteiger partial charge in [-0.1, -0.05) is 50.2 Å². The van der Waals surface area contributed by atoms with Crippen molar-refractivity contribution in [2.45, 2.75) is 90.4 Å². The maximum Gasteiger partial charge on any atom is 0.310 e. The molecule has 2 aliphatic carbocycles. The van der Waals surface area contributed by atoms with Crippen molar-refractivity contribution < 1.29 is 9.53 Å². The summed E-state index contributed by atoms with van der Waals surface area (Å²) in [5.74, 6) is 1.85. The van der Waals surface area contributed by atoms with E-state index >= 15 is 0 Å². The van der Waals surface area contributed by atoms with E-state index in [1.54, 1.807) is 0 Å². The van der Waals surface area contributed by atoms with Gasteiger partial charge in [0, 0.05) is 13.1 Å². The smallest absolute Gasteiger partial charge is 0.310 e. The minimum Gasteiger partial charge on any atom is -0.466 e. The molecule has 3 fully saturated rings. The van der Waals surface area contributed by atoms with Gasteiger partial charge in [0.05, 0.1) is 12.5 Å². The first-order chi connectivity index (χ1) is 13.3. The van der Waals surface area contributed by atoms with Crippen LogP contribution in [0.3, 0.4) is 0 Å². The molecule has 0 aromatic rings. The van der Waals surface area contributed by atoms with Gasteiger partial charge in [0.1, 0.15) is 0 Å². The van der Waals surface area contributed by atoms with E-state index in [0.717, 1.165) is 50.7 Å². The Morgan fingerprint density at radius 2 is 1.46 bits per heavy atom. The monoisotopic (exact) mass is 411 g/mol. The molecule has 0 aromatic heterocycles. The van der Waals surface area contributed by atoms with Gasteiger partial charge in [-0.25, -0.2) is 0 Å². The standard InChI is InChI=1S/C24H41NO2.ClH/c1-2-27-24(26)22-15-9-17-25(19-22)18-10-16-23(20-11-5-3-6-12-20)21-13-7-4-8-14-21;/h16,20-22H,2-15,17-19H2,1H3;1H. The third-order valence-electron chi connectivity index (χ3n) is 7.10. The molecule has 1 atom stereocenters. The van der Waals surface area contributed by atoms with Crippen LogP contribution in [0.4, 0.5) is 0 Å². The summed E-state index contributed by atoms with van der Waals surface area (Å²) in [6.45, 7) is 5.56. The second-order valence-corrected chi connectivity index (χ2v) is 9.05. The maximum atomic E-state index is 12.1. The van der Waals surface area contributed by atoms with Crippen molar-refractivity contribution in [2.24, 2.45) is 17.8 Å². The van der Waals surface area contributed by atoms with Crippen LogP contribution in [-0.2, 0) is 9.53 Å². The normalized spacial score (nSPS) is 25.0. The van der Waals surface area contributed by atoms with Crippen molar-refractivity contribution in [2.75, 3.05) is 26.2 Å². The van der Waals surface area contributed by atoms with E-state index in [1.807, 2.05) is 12.5 Å². The van der Waals surface area contributed by atoms with Crippen molar-refractivity contribution in [1.29, 1.82) is 0 Å². The first-order valence-corrected chi connectivity index (χ1v) is 11.9. The van der Waals surface area contributed by atoms with Gasteiger partial charge in [0.15, 0.2) is 0 Å². The first-order valence-electron chi connectivity index (χ1n) is 11.9. The third kappa shape index (κ3) is 7.06. The van der Waals surface area contributed by atoms with Crippen molar-refractivity contribution >= 4 is 18.4 Å². The molecule has 0 spiro atoms. The predicted octanol–water partition coefficient (Wildman–Crippen LogP) is 6.16. The zero-order valence-electron chi connectivity index (χ0n) is 18.0. The van der Waals surface area contributed by atoms with Crippen LogP contribution < -0.4 is 0 Å². The molecule has 0 bridgehead atoms. The number of piperidine rings is 1. The molecule has 1 saturated heterocycles. The largest absolute Gasteiger partial charge is 0.466 e. The Balaban J connectivity index is 0.00000280. The zero-order chi connectivity index (χ0) is 18.9. The fraction of sp³-hybridized carbons (Fsp3) is 0.875. The Morgan fingerprint density at radius 1 is 0.893 bits per heavy atom. The molecule has 2 saturated carbocycles. The predicted molar refractivity (Wildman–Crippen MR) is 119 cm³/mol. The fourth-order valence-corrected chi connectivity index (χ4v) is 5.66. The van der Waals surface area contributed by atoms with Crippen molar-refractivity contribution in [3.8, 4) is 0 Å². The van der Waals surface area contributed by atoms with E-state index in [1.165, 1.54) is 64.2 Å². The number of carbonyl (C=O) groups excluding carboxylic acids is 1. The summed E-state index contributed by atoms with van der Waals surface area (Å²) < 4.78 is 5.25. The molecule has 0 aromatic carbocycles. The van der Waals surface area contributed by atoms with Crippen LogP contribution >= 0.6 is 12.4 Å². The molecule has 162 valence electrons. The van der Waals surface area contributed by atoms with E-state index in [4.69, 9.17) is 4.74 Å². The van der Waals surface area contributed by atoms with E-state index in [9.17, 15) is 4.79 Å². The summed E-state index contributed by atoms with van der Waals surface area (Å²) in [4.78, 5) is 14.6. The quantitative estimate of drug-likeness (QED) is 0.371. The van der Waals surface area contributed by atoms with Crippen LogP contribution in [0.15, 0.2) is 11.6 Å². The van der Waals surface area contributed by atoms with E-state index in [2.05, 4.69) is 11.0 Å². The molecule has 28 heavy (non-hydrogen) atoms. The highest BCUT2D eigenvalue weighted by Gasteiger charge is 2.28. The Bertz CT molecular complexity index is 461. The number of halogens is 1. The van der Waals surface area contributed by atoms with E-state index < -0.39 is 0 Å². The summed E-state index contributed by atoms with van der Waals surface area (Å²) >= 11 is 0. The van der Waals surface area contributed by atoms with Crippen LogP contribution in [0.25, 0.3) is 0 Å². The molecular weight excluding hydrogens is 370 g/mol. The van der Waals surface area contributed by atoms with Crippen LogP contribution in [0.1, 0.15) is 90.4 Å². The Labute approximate surface area is 179 Å². The number of hydrogen-bond donors (Lipinski definition) is 0. The Morgan fingerprint density at radius 3 is 2.04 bits per heavy atom. The Hall–Kier alpha value is -0.540. The average molecular weight is 412 g/mol. The summed E-state index contributed by atoms with van der Waals surface area (Å²) in [5, 5.41) is 0. The van der Waals surface area contributed by atoms with Gasteiger partial charge < -0.3 is 9.64 Å². The molecule has 3 nitrogen and oxygen atoms in total. The second kappa shape index (κ2) is 12.9. The summed E-state index contributed by atoms with van der Waals surface area (Å²) in [5.41, 5.74) is 1.83. The molecule has 0 amide bonds. The molecule has 3 rings (SSSR count). The van der Waals surface area contributed by atoms with Gasteiger partial charge in [-0.05, 0) is 70.3 Å². The molecule has 1 unspecified atom stereocenters. The van der Waals surface area contributed by atoms with Gasteiger partial charge in [-0.15, -0.1) is 12.4 Å². The van der Waals surface area contributed by atoms with Gasteiger partial charge in [0.2, 0.25) is 0 Å². The minimum absolute atomic E-state index is 0. The summed E-state index contributed by atoms with van der Waals surface area (Å²) in [6, 6.07) is 0. The Kier molecular flexibility index (Phi) is 10.9. The topological polar surface area (TPSA) is 29.5 Å². The van der Waals surface area contributed by atoms with Crippen molar-refractivity contribution in [3.63, 3.8) is 0 Å². The number of rotatable bonds is 7. The lowest BCUT2D eigenvalue weighted by Crippen LogP contribution is -2.39. The number of allylic oxidation sites excluding steroid dienone is 1. The second-order valence-electron chi connectivity index (χ2n) is 9.05. The highest BCUT2D eigenvalue weighted by molar-refractivity contribution is 5.85. The first kappa shape index (κ1) is 23.7. The van der Waals surface area contributed by atoms with Crippen molar-refractivity contribution in [3.05, 3.63) is 11.6 Å². The maximum absolute atomic E-state index is 12.1. The lowest BCUT2D eigenvalue weighted by atomic mass is 9.73. The van der Waals surface area contributed by atoms with Crippen LogP contribution in [0.5, 0.6) is 0 Å². The van der Waals surface area contributed by atoms with Crippen LogP contribution in [-0.4, -0.2) is 37.1 Å². The molecule has 0 radical (unpaired) electrons. The third-order valence-corrected chi connectivity index (χ3v) is 7.10. The lowest BCUT2D eigenvalue weighted by molar-refractivity contribution is -0.149. The molecule has 1 aliphatic heterocycles.